The van der Waals surface area contributed by atoms with E-state index in [4.69, 9.17) is 0 Å². The molecule has 0 spiro atoms. The molecule has 1 rings (SSSR count). The Labute approximate surface area is 115 Å². The molecular formula is C14H26N2O3. The van der Waals surface area contributed by atoms with Crippen LogP contribution in [0.1, 0.15) is 53.4 Å². The molecule has 0 radical (unpaired) electrons. The lowest BCUT2D eigenvalue weighted by molar-refractivity contribution is -0.147. The summed E-state index contributed by atoms with van der Waals surface area (Å²) in [6.45, 7) is 8.08. The summed E-state index contributed by atoms with van der Waals surface area (Å²) in [7, 11) is 0. The van der Waals surface area contributed by atoms with E-state index >= 15 is 0 Å². The van der Waals surface area contributed by atoms with Gasteiger partial charge < -0.3 is 15.3 Å². The molecule has 1 fully saturated rings. The van der Waals surface area contributed by atoms with Crippen LogP contribution in [0.3, 0.4) is 0 Å². The molecule has 110 valence electrons. The fraction of sp³-hybridized carbons (Fsp3) is 0.857. The Balaban J connectivity index is 2.62. The van der Waals surface area contributed by atoms with E-state index in [2.05, 4.69) is 12.2 Å². The van der Waals surface area contributed by atoms with Crippen molar-refractivity contribution in [2.75, 3.05) is 13.1 Å². The second-order valence-electron chi connectivity index (χ2n) is 6.28. The van der Waals surface area contributed by atoms with Gasteiger partial charge in [0.2, 0.25) is 0 Å². The molecule has 0 saturated heterocycles. The van der Waals surface area contributed by atoms with Crippen LogP contribution in [-0.2, 0) is 4.79 Å². The number of hydrogen-bond acceptors (Lipinski definition) is 2. The van der Waals surface area contributed by atoms with Gasteiger partial charge in [0, 0.05) is 13.1 Å². The van der Waals surface area contributed by atoms with Gasteiger partial charge in [0.1, 0.15) is 5.54 Å². The Morgan fingerprint density at radius 3 is 2.26 bits per heavy atom. The third kappa shape index (κ3) is 3.61. The second kappa shape index (κ2) is 5.80. The van der Waals surface area contributed by atoms with Gasteiger partial charge >= 0.3 is 12.0 Å². The SMILES string of the molecule is CCN(C(=O)NCC1(C)CCCC1)C(C)(C)C(=O)O. The van der Waals surface area contributed by atoms with Gasteiger partial charge in [-0.25, -0.2) is 9.59 Å². The van der Waals surface area contributed by atoms with Crippen molar-refractivity contribution >= 4 is 12.0 Å². The van der Waals surface area contributed by atoms with Crippen LogP contribution in [0, 0.1) is 5.41 Å². The Morgan fingerprint density at radius 2 is 1.84 bits per heavy atom. The highest BCUT2D eigenvalue weighted by Gasteiger charge is 2.37. The van der Waals surface area contributed by atoms with Crippen LogP contribution < -0.4 is 5.32 Å². The van der Waals surface area contributed by atoms with Gasteiger partial charge in [-0.05, 0) is 39.0 Å². The molecule has 0 unspecified atom stereocenters. The van der Waals surface area contributed by atoms with Crippen molar-refractivity contribution in [2.45, 2.75) is 58.9 Å². The summed E-state index contributed by atoms with van der Waals surface area (Å²) < 4.78 is 0. The van der Waals surface area contributed by atoms with Gasteiger partial charge in [-0.15, -0.1) is 0 Å². The van der Waals surface area contributed by atoms with E-state index < -0.39 is 11.5 Å². The minimum atomic E-state index is -1.19. The molecule has 0 aliphatic heterocycles. The molecule has 19 heavy (non-hydrogen) atoms. The van der Waals surface area contributed by atoms with Gasteiger partial charge in [0.25, 0.3) is 0 Å². The summed E-state index contributed by atoms with van der Waals surface area (Å²) >= 11 is 0. The number of carbonyl (C=O) groups excluding carboxylic acids is 1. The number of carbonyl (C=O) groups is 2. The first-order valence-electron chi connectivity index (χ1n) is 7.02. The maximum absolute atomic E-state index is 12.2. The highest BCUT2D eigenvalue weighted by molar-refractivity contribution is 5.85. The quantitative estimate of drug-likeness (QED) is 0.806. The molecule has 0 bridgehead atoms. The zero-order valence-corrected chi connectivity index (χ0v) is 12.5. The van der Waals surface area contributed by atoms with E-state index in [0.29, 0.717) is 13.1 Å². The minimum absolute atomic E-state index is 0.169. The molecule has 2 amide bonds. The number of carboxylic acids is 1. The molecule has 2 N–H and O–H groups in total. The highest BCUT2D eigenvalue weighted by Crippen LogP contribution is 2.36. The third-order valence-electron chi connectivity index (χ3n) is 4.24. The first kappa shape index (κ1) is 15.8. The number of nitrogens with one attached hydrogen (secondary N) is 1. The molecule has 5 heteroatoms. The number of amides is 2. The molecule has 5 nitrogen and oxygen atoms in total. The van der Waals surface area contributed by atoms with Crippen LogP contribution in [0.25, 0.3) is 0 Å². The van der Waals surface area contributed by atoms with E-state index in [-0.39, 0.29) is 11.4 Å². The van der Waals surface area contributed by atoms with Crippen LogP contribution in [0.15, 0.2) is 0 Å². The lowest BCUT2D eigenvalue weighted by Crippen LogP contribution is -2.56. The van der Waals surface area contributed by atoms with E-state index in [9.17, 15) is 14.7 Å². The topological polar surface area (TPSA) is 69.6 Å². The predicted molar refractivity (Wildman–Crippen MR) is 74.1 cm³/mol. The van der Waals surface area contributed by atoms with Crippen molar-refractivity contribution in [3.8, 4) is 0 Å². The Hall–Kier alpha value is -1.26. The van der Waals surface area contributed by atoms with Gasteiger partial charge in [0.15, 0.2) is 0 Å². The fourth-order valence-corrected chi connectivity index (χ4v) is 2.70. The molecule has 0 atom stereocenters. The largest absolute Gasteiger partial charge is 0.480 e. The molecule has 0 aromatic heterocycles. The van der Waals surface area contributed by atoms with Gasteiger partial charge in [-0.2, -0.15) is 0 Å². The van der Waals surface area contributed by atoms with Crippen molar-refractivity contribution in [3.63, 3.8) is 0 Å². The summed E-state index contributed by atoms with van der Waals surface area (Å²) in [5.74, 6) is -0.989. The van der Waals surface area contributed by atoms with Crippen molar-refractivity contribution in [1.29, 1.82) is 0 Å². The third-order valence-corrected chi connectivity index (χ3v) is 4.24. The monoisotopic (exact) mass is 270 g/mol. The van der Waals surface area contributed by atoms with Crippen molar-refractivity contribution in [3.05, 3.63) is 0 Å². The summed E-state index contributed by atoms with van der Waals surface area (Å²) in [5.41, 5.74) is -1.02. The average Bonchev–Trinajstić information content (AvgIpc) is 2.74. The smallest absolute Gasteiger partial charge is 0.329 e. The zero-order valence-electron chi connectivity index (χ0n) is 12.5. The van der Waals surface area contributed by atoms with E-state index in [1.165, 1.54) is 17.7 Å². The first-order chi connectivity index (χ1) is 8.73. The van der Waals surface area contributed by atoms with E-state index in [1.807, 2.05) is 0 Å². The molecule has 0 aromatic carbocycles. The maximum atomic E-state index is 12.2. The number of hydrogen-bond donors (Lipinski definition) is 2. The first-order valence-corrected chi connectivity index (χ1v) is 7.02. The van der Waals surface area contributed by atoms with Gasteiger partial charge in [0.05, 0.1) is 0 Å². The molecule has 0 heterocycles. The number of rotatable bonds is 5. The standard InChI is InChI=1S/C14H26N2O3/c1-5-16(13(2,3)11(17)18)12(19)15-10-14(4)8-6-7-9-14/h5-10H2,1-4H3,(H,15,19)(H,17,18). The molecular weight excluding hydrogens is 244 g/mol. The van der Waals surface area contributed by atoms with E-state index in [0.717, 1.165) is 12.8 Å². The van der Waals surface area contributed by atoms with Crippen LogP contribution in [0.2, 0.25) is 0 Å². The van der Waals surface area contributed by atoms with Crippen LogP contribution >= 0.6 is 0 Å². The fourth-order valence-electron chi connectivity index (χ4n) is 2.70. The second-order valence-corrected chi connectivity index (χ2v) is 6.28. The normalized spacial score (nSPS) is 18.1. The molecule has 1 saturated carbocycles. The zero-order chi connectivity index (χ0) is 14.7. The summed E-state index contributed by atoms with van der Waals surface area (Å²) in [5, 5.41) is 12.1. The van der Waals surface area contributed by atoms with Crippen molar-refractivity contribution in [2.24, 2.45) is 5.41 Å². The molecule has 1 aliphatic rings. The Bertz CT molecular complexity index is 347. The lowest BCUT2D eigenvalue weighted by atomic mass is 9.89. The molecule has 1 aliphatic carbocycles. The number of aliphatic carboxylic acids is 1. The molecule has 0 aromatic rings. The van der Waals surface area contributed by atoms with E-state index in [1.54, 1.807) is 20.8 Å². The average molecular weight is 270 g/mol. The number of carboxylic acid groups (broad SMARTS) is 1. The summed E-state index contributed by atoms with van der Waals surface area (Å²) in [4.78, 5) is 24.8. The van der Waals surface area contributed by atoms with Crippen LogP contribution in [0.4, 0.5) is 4.79 Å². The van der Waals surface area contributed by atoms with Crippen molar-refractivity contribution < 1.29 is 14.7 Å². The van der Waals surface area contributed by atoms with Crippen molar-refractivity contribution in [1.82, 2.24) is 10.2 Å². The summed E-state index contributed by atoms with van der Waals surface area (Å²) in [6, 6.07) is -0.289. The predicted octanol–water partition coefficient (Wildman–Crippen LogP) is 2.46. The number of urea groups is 1. The Morgan fingerprint density at radius 1 is 1.32 bits per heavy atom. The minimum Gasteiger partial charge on any atom is -0.480 e. The number of nitrogens with zero attached hydrogens (tertiary/aromatic N) is 1. The van der Waals surface area contributed by atoms with Crippen LogP contribution in [0.5, 0.6) is 0 Å². The van der Waals surface area contributed by atoms with Gasteiger partial charge in [-0.1, -0.05) is 19.8 Å². The van der Waals surface area contributed by atoms with Gasteiger partial charge in [-0.3, -0.25) is 0 Å². The van der Waals surface area contributed by atoms with Crippen LogP contribution in [-0.4, -0.2) is 40.6 Å². The Kier molecular flexibility index (Phi) is 4.82. The lowest BCUT2D eigenvalue weighted by Gasteiger charge is -2.35. The highest BCUT2D eigenvalue weighted by atomic mass is 16.4. The summed E-state index contributed by atoms with van der Waals surface area (Å²) in [6.07, 6.45) is 4.68. The maximum Gasteiger partial charge on any atom is 0.329 e. The number of likely N-dealkylation sites (N-methyl/N-ethyl adjacent to an activating group) is 1.